The van der Waals surface area contributed by atoms with Crippen LogP contribution in [0.25, 0.3) is 0 Å². The van der Waals surface area contributed by atoms with Crippen LogP contribution in [0.1, 0.15) is 32.6 Å². The molecule has 0 aliphatic rings. The lowest BCUT2D eigenvalue weighted by Gasteiger charge is -2.05. The van der Waals surface area contributed by atoms with E-state index in [1.165, 1.54) is 0 Å². The molecule has 0 saturated heterocycles. The van der Waals surface area contributed by atoms with Gasteiger partial charge in [-0.15, -0.1) is 0 Å². The van der Waals surface area contributed by atoms with Crippen molar-refractivity contribution >= 4 is 12.1 Å². The number of unbranched alkanes of at least 4 members (excludes halogenated alkanes) is 2. The summed E-state index contributed by atoms with van der Waals surface area (Å²) >= 11 is 0. The number of carbonyl (C=O) groups is 2. The molecular formula is C10H21N3O3. The van der Waals surface area contributed by atoms with E-state index in [4.69, 9.17) is 10.5 Å². The summed E-state index contributed by atoms with van der Waals surface area (Å²) in [4.78, 5) is 21.3. The summed E-state index contributed by atoms with van der Waals surface area (Å²) in [5.74, 6) is 0. The second-order valence-corrected chi connectivity index (χ2v) is 3.41. The molecule has 0 rings (SSSR count). The highest BCUT2D eigenvalue weighted by Crippen LogP contribution is 1.92. The first-order valence-electron chi connectivity index (χ1n) is 5.60. The molecule has 0 heterocycles. The van der Waals surface area contributed by atoms with E-state index in [2.05, 4.69) is 10.6 Å². The smallest absolute Gasteiger partial charge is 0.407 e. The van der Waals surface area contributed by atoms with E-state index in [0.717, 1.165) is 25.7 Å². The highest BCUT2D eigenvalue weighted by molar-refractivity contribution is 5.71. The maximum atomic E-state index is 11.0. The van der Waals surface area contributed by atoms with E-state index in [1.807, 2.05) is 6.92 Å². The van der Waals surface area contributed by atoms with Crippen LogP contribution < -0.4 is 16.4 Å². The number of urea groups is 1. The van der Waals surface area contributed by atoms with Crippen molar-refractivity contribution in [2.75, 3.05) is 19.7 Å². The van der Waals surface area contributed by atoms with Gasteiger partial charge in [-0.3, -0.25) is 0 Å². The van der Waals surface area contributed by atoms with Crippen LogP contribution in [0, 0.1) is 0 Å². The van der Waals surface area contributed by atoms with Gasteiger partial charge in [0, 0.05) is 13.1 Å². The molecule has 4 N–H and O–H groups in total. The van der Waals surface area contributed by atoms with Crippen molar-refractivity contribution < 1.29 is 14.3 Å². The summed E-state index contributed by atoms with van der Waals surface area (Å²) in [6, 6.07) is -0.499. The fourth-order valence-corrected chi connectivity index (χ4v) is 1.07. The third kappa shape index (κ3) is 10.6. The molecule has 0 aromatic carbocycles. The number of amides is 3. The first-order valence-corrected chi connectivity index (χ1v) is 5.60. The first-order chi connectivity index (χ1) is 7.66. The Balaban J connectivity index is 3.14. The van der Waals surface area contributed by atoms with E-state index in [-0.39, 0.29) is 6.09 Å². The van der Waals surface area contributed by atoms with Gasteiger partial charge in [-0.2, -0.15) is 0 Å². The maximum Gasteiger partial charge on any atom is 0.407 e. The van der Waals surface area contributed by atoms with Crippen molar-refractivity contribution in [3.05, 3.63) is 0 Å². The van der Waals surface area contributed by atoms with Crippen LogP contribution in [0.2, 0.25) is 0 Å². The SMILES string of the molecule is CCCOC(=O)NCCCCCNC(N)=O. The minimum Gasteiger partial charge on any atom is -0.450 e. The van der Waals surface area contributed by atoms with Gasteiger partial charge >= 0.3 is 12.1 Å². The zero-order chi connectivity index (χ0) is 12.2. The Kier molecular flexibility index (Phi) is 9.15. The van der Waals surface area contributed by atoms with Gasteiger partial charge in [0.15, 0.2) is 0 Å². The molecule has 0 fully saturated rings. The predicted molar refractivity (Wildman–Crippen MR) is 61.1 cm³/mol. The maximum absolute atomic E-state index is 11.0. The van der Waals surface area contributed by atoms with Crippen molar-refractivity contribution in [2.45, 2.75) is 32.6 Å². The lowest BCUT2D eigenvalue weighted by atomic mass is 10.2. The topological polar surface area (TPSA) is 93.4 Å². The Labute approximate surface area is 95.9 Å². The molecule has 0 aliphatic heterocycles. The minimum atomic E-state index is -0.499. The van der Waals surface area contributed by atoms with Crippen LogP contribution in [0.5, 0.6) is 0 Å². The lowest BCUT2D eigenvalue weighted by molar-refractivity contribution is 0.146. The largest absolute Gasteiger partial charge is 0.450 e. The van der Waals surface area contributed by atoms with E-state index in [9.17, 15) is 9.59 Å². The van der Waals surface area contributed by atoms with Gasteiger partial charge in [0.05, 0.1) is 6.61 Å². The number of ether oxygens (including phenoxy) is 1. The third-order valence-electron chi connectivity index (χ3n) is 1.86. The van der Waals surface area contributed by atoms with Crippen molar-refractivity contribution in [1.82, 2.24) is 10.6 Å². The Morgan fingerprint density at radius 1 is 1.12 bits per heavy atom. The molecule has 0 spiro atoms. The normalized spacial score (nSPS) is 9.56. The third-order valence-corrected chi connectivity index (χ3v) is 1.86. The highest BCUT2D eigenvalue weighted by Gasteiger charge is 1.99. The molecule has 3 amide bonds. The van der Waals surface area contributed by atoms with Gasteiger partial charge in [-0.05, 0) is 25.7 Å². The van der Waals surface area contributed by atoms with E-state index in [0.29, 0.717) is 19.7 Å². The van der Waals surface area contributed by atoms with Gasteiger partial charge in [-0.25, -0.2) is 9.59 Å². The standard InChI is InChI=1S/C10H21N3O3/c1-2-8-16-10(15)13-7-5-3-4-6-12-9(11)14/h2-8H2,1H3,(H,13,15)(H3,11,12,14). The fourth-order valence-electron chi connectivity index (χ4n) is 1.07. The Morgan fingerprint density at radius 2 is 1.75 bits per heavy atom. The molecule has 0 radical (unpaired) electrons. The Bertz CT molecular complexity index is 209. The lowest BCUT2D eigenvalue weighted by Crippen LogP contribution is -2.30. The van der Waals surface area contributed by atoms with Gasteiger partial charge in [-0.1, -0.05) is 6.92 Å². The summed E-state index contributed by atoms with van der Waals surface area (Å²) in [6.07, 6.45) is 3.11. The van der Waals surface area contributed by atoms with Crippen molar-refractivity contribution in [1.29, 1.82) is 0 Å². The molecule has 94 valence electrons. The summed E-state index contributed by atoms with van der Waals surface area (Å²) < 4.78 is 4.83. The molecule has 16 heavy (non-hydrogen) atoms. The second kappa shape index (κ2) is 10.1. The monoisotopic (exact) mass is 231 g/mol. The zero-order valence-electron chi connectivity index (χ0n) is 9.75. The number of primary amides is 1. The highest BCUT2D eigenvalue weighted by atomic mass is 16.5. The summed E-state index contributed by atoms with van der Waals surface area (Å²) in [6.45, 7) is 3.57. The Morgan fingerprint density at radius 3 is 2.31 bits per heavy atom. The molecule has 0 aliphatic carbocycles. The fraction of sp³-hybridized carbons (Fsp3) is 0.800. The molecule has 0 atom stereocenters. The summed E-state index contributed by atoms with van der Waals surface area (Å²) in [7, 11) is 0. The predicted octanol–water partition coefficient (Wildman–Crippen LogP) is 0.961. The van der Waals surface area contributed by atoms with Crippen LogP contribution in [0.15, 0.2) is 0 Å². The van der Waals surface area contributed by atoms with Crippen molar-refractivity contribution in [3.63, 3.8) is 0 Å². The number of nitrogens with two attached hydrogens (primary N) is 1. The van der Waals surface area contributed by atoms with Gasteiger partial charge in [0.25, 0.3) is 0 Å². The van der Waals surface area contributed by atoms with Gasteiger partial charge in [0.1, 0.15) is 0 Å². The Hall–Kier alpha value is -1.46. The number of rotatable bonds is 8. The second-order valence-electron chi connectivity index (χ2n) is 3.41. The molecular weight excluding hydrogens is 210 g/mol. The molecule has 0 bridgehead atoms. The van der Waals surface area contributed by atoms with Gasteiger partial charge in [0.2, 0.25) is 0 Å². The minimum absolute atomic E-state index is 0.364. The van der Waals surface area contributed by atoms with Crippen LogP contribution >= 0.6 is 0 Å². The molecule has 6 heteroatoms. The van der Waals surface area contributed by atoms with Crippen molar-refractivity contribution in [2.24, 2.45) is 5.73 Å². The van der Waals surface area contributed by atoms with E-state index >= 15 is 0 Å². The number of hydrogen-bond donors (Lipinski definition) is 3. The molecule has 0 aromatic rings. The number of carbonyl (C=O) groups excluding carboxylic acids is 2. The summed E-state index contributed by atoms with van der Waals surface area (Å²) in [5.41, 5.74) is 4.90. The van der Waals surface area contributed by atoms with Gasteiger partial charge < -0.3 is 21.1 Å². The van der Waals surface area contributed by atoms with E-state index < -0.39 is 6.03 Å². The van der Waals surface area contributed by atoms with Crippen molar-refractivity contribution in [3.8, 4) is 0 Å². The number of alkyl carbamates (subject to hydrolysis) is 1. The number of nitrogens with one attached hydrogen (secondary N) is 2. The molecule has 0 saturated carbocycles. The van der Waals surface area contributed by atoms with Crippen LogP contribution in [-0.4, -0.2) is 31.8 Å². The summed E-state index contributed by atoms with van der Waals surface area (Å²) in [5, 5.41) is 5.14. The average molecular weight is 231 g/mol. The first kappa shape index (κ1) is 14.5. The molecule has 6 nitrogen and oxygen atoms in total. The number of hydrogen-bond acceptors (Lipinski definition) is 3. The average Bonchev–Trinajstić information content (AvgIpc) is 2.24. The van der Waals surface area contributed by atoms with E-state index in [1.54, 1.807) is 0 Å². The van der Waals surface area contributed by atoms with Crippen LogP contribution in [-0.2, 0) is 4.74 Å². The quantitative estimate of drug-likeness (QED) is 0.543. The molecule has 0 aromatic heterocycles. The zero-order valence-corrected chi connectivity index (χ0v) is 9.75. The van der Waals surface area contributed by atoms with Crippen LogP contribution in [0.3, 0.4) is 0 Å². The molecule has 0 unspecified atom stereocenters. The van der Waals surface area contributed by atoms with Crippen LogP contribution in [0.4, 0.5) is 9.59 Å².